The highest BCUT2D eigenvalue weighted by molar-refractivity contribution is 5.85. The SMILES string of the molecule is C[C@H](N)C(=O)NCC(O)COc1ccc(F)cc1.Cl. The van der Waals surface area contributed by atoms with Gasteiger partial charge in [0.15, 0.2) is 0 Å². The molecule has 0 aliphatic carbocycles. The quantitative estimate of drug-likeness (QED) is 0.711. The summed E-state index contributed by atoms with van der Waals surface area (Å²) in [6.07, 6.45) is -0.849. The first-order valence-corrected chi connectivity index (χ1v) is 5.58. The van der Waals surface area contributed by atoms with E-state index in [1.165, 1.54) is 24.3 Å². The number of aliphatic hydroxyl groups excluding tert-OH is 1. The van der Waals surface area contributed by atoms with Crippen molar-refractivity contribution in [3.63, 3.8) is 0 Å². The van der Waals surface area contributed by atoms with Gasteiger partial charge in [-0.3, -0.25) is 4.79 Å². The van der Waals surface area contributed by atoms with Gasteiger partial charge < -0.3 is 20.9 Å². The fraction of sp³-hybridized carbons (Fsp3) is 0.417. The molecule has 0 radical (unpaired) electrons. The minimum atomic E-state index is -0.849. The molecule has 5 nitrogen and oxygen atoms in total. The fourth-order valence-electron chi connectivity index (χ4n) is 1.16. The maximum atomic E-state index is 12.6. The van der Waals surface area contributed by atoms with Gasteiger partial charge in [-0.2, -0.15) is 0 Å². The Hall–Kier alpha value is -1.37. The molecule has 19 heavy (non-hydrogen) atoms. The third-order valence-electron chi connectivity index (χ3n) is 2.18. The third-order valence-corrected chi connectivity index (χ3v) is 2.18. The van der Waals surface area contributed by atoms with E-state index in [2.05, 4.69) is 5.32 Å². The first kappa shape index (κ1) is 17.6. The zero-order valence-electron chi connectivity index (χ0n) is 10.5. The van der Waals surface area contributed by atoms with Gasteiger partial charge in [0.1, 0.15) is 24.3 Å². The van der Waals surface area contributed by atoms with Gasteiger partial charge in [-0.1, -0.05) is 0 Å². The molecule has 1 amide bonds. The molecule has 2 atom stereocenters. The van der Waals surface area contributed by atoms with Crippen molar-refractivity contribution < 1.29 is 19.0 Å². The molecule has 1 rings (SSSR count). The fourth-order valence-corrected chi connectivity index (χ4v) is 1.16. The highest BCUT2D eigenvalue weighted by atomic mass is 35.5. The Labute approximate surface area is 117 Å². The number of amides is 1. The first-order chi connectivity index (χ1) is 8.49. The molecule has 0 saturated carbocycles. The van der Waals surface area contributed by atoms with E-state index in [4.69, 9.17) is 10.5 Å². The average molecular weight is 293 g/mol. The van der Waals surface area contributed by atoms with E-state index in [-0.39, 0.29) is 37.3 Å². The van der Waals surface area contributed by atoms with E-state index in [0.717, 1.165) is 0 Å². The van der Waals surface area contributed by atoms with Gasteiger partial charge in [0.25, 0.3) is 0 Å². The molecular formula is C12H18ClFN2O3. The summed E-state index contributed by atoms with van der Waals surface area (Å²) in [5.41, 5.74) is 5.34. The predicted octanol–water partition coefficient (Wildman–Crippen LogP) is 0.451. The Morgan fingerprint density at radius 2 is 2.05 bits per heavy atom. The molecule has 0 saturated heterocycles. The van der Waals surface area contributed by atoms with Gasteiger partial charge in [-0.05, 0) is 31.2 Å². The molecule has 0 aliphatic heterocycles. The lowest BCUT2D eigenvalue weighted by molar-refractivity contribution is -0.122. The summed E-state index contributed by atoms with van der Waals surface area (Å²) < 4.78 is 17.8. The maximum absolute atomic E-state index is 12.6. The van der Waals surface area contributed by atoms with Gasteiger partial charge in [-0.25, -0.2) is 4.39 Å². The second-order valence-electron chi connectivity index (χ2n) is 3.95. The predicted molar refractivity (Wildman–Crippen MR) is 71.8 cm³/mol. The Morgan fingerprint density at radius 3 is 2.58 bits per heavy atom. The summed E-state index contributed by atoms with van der Waals surface area (Å²) in [4.78, 5) is 11.1. The molecule has 0 bridgehead atoms. The lowest BCUT2D eigenvalue weighted by atomic mass is 10.3. The van der Waals surface area contributed by atoms with Crippen LogP contribution in [0.1, 0.15) is 6.92 Å². The second-order valence-corrected chi connectivity index (χ2v) is 3.95. The van der Waals surface area contributed by atoms with Gasteiger partial charge >= 0.3 is 0 Å². The molecule has 1 aromatic carbocycles. The summed E-state index contributed by atoms with van der Waals surface area (Å²) in [5.74, 6) is -0.239. The number of carbonyl (C=O) groups is 1. The van der Waals surface area contributed by atoms with Crippen LogP contribution in [0.2, 0.25) is 0 Å². The Kier molecular flexibility index (Phi) is 8.06. The van der Waals surface area contributed by atoms with Crippen molar-refractivity contribution in [1.82, 2.24) is 5.32 Å². The zero-order chi connectivity index (χ0) is 13.5. The molecule has 4 N–H and O–H groups in total. The molecule has 0 spiro atoms. The number of halogens is 2. The van der Waals surface area contributed by atoms with Crippen LogP contribution in [0, 0.1) is 5.82 Å². The zero-order valence-corrected chi connectivity index (χ0v) is 11.3. The van der Waals surface area contributed by atoms with E-state index >= 15 is 0 Å². The molecule has 1 aromatic rings. The average Bonchev–Trinajstić information content (AvgIpc) is 2.35. The largest absolute Gasteiger partial charge is 0.491 e. The van der Waals surface area contributed by atoms with E-state index in [9.17, 15) is 14.3 Å². The molecule has 0 heterocycles. The third kappa shape index (κ3) is 6.95. The van der Waals surface area contributed by atoms with Gasteiger partial charge in [-0.15, -0.1) is 12.4 Å². The van der Waals surface area contributed by atoms with Gasteiger partial charge in [0.2, 0.25) is 5.91 Å². The van der Waals surface area contributed by atoms with Crippen molar-refractivity contribution in [3.05, 3.63) is 30.1 Å². The van der Waals surface area contributed by atoms with Crippen molar-refractivity contribution in [2.24, 2.45) is 5.73 Å². The van der Waals surface area contributed by atoms with Crippen LogP contribution in [0.4, 0.5) is 4.39 Å². The van der Waals surface area contributed by atoms with E-state index in [0.29, 0.717) is 5.75 Å². The summed E-state index contributed by atoms with van der Waals surface area (Å²) >= 11 is 0. The number of aliphatic hydroxyl groups is 1. The normalized spacial score (nSPS) is 13.1. The number of ether oxygens (including phenoxy) is 1. The van der Waals surface area contributed by atoms with Gasteiger partial charge in [0.05, 0.1) is 6.04 Å². The van der Waals surface area contributed by atoms with Crippen molar-refractivity contribution in [2.75, 3.05) is 13.2 Å². The molecule has 0 aliphatic rings. The topological polar surface area (TPSA) is 84.6 Å². The van der Waals surface area contributed by atoms with Crippen LogP contribution in [-0.2, 0) is 4.79 Å². The maximum Gasteiger partial charge on any atom is 0.236 e. The van der Waals surface area contributed by atoms with Crippen LogP contribution in [0.15, 0.2) is 24.3 Å². The first-order valence-electron chi connectivity index (χ1n) is 5.58. The lowest BCUT2D eigenvalue weighted by Crippen LogP contribution is -2.42. The number of rotatable bonds is 6. The standard InChI is InChI=1S/C12H17FN2O3.ClH/c1-8(14)12(17)15-6-10(16)7-18-11-4-2-9(13)3-5-11;/h2-5,8,10,16H,6-7,14H2,1H3,(H,15,17);1H/t8-,10?;/m0./s1. The number of hydrogen-bond acceptors (Lipinski definition) is 4. The van der Waals surface area contributed by atoms with Crippen LogP contribution in [0.25, 0.3) is 0 Å². The minimum absolute atomic E-state index is 0. The van der Waals surface area contributed by atoms with Crippen molar-refractivity contribution >= 4 is 18.3 Å². The van der Waals surface area contributed by atoms with Crippen LogP contribution in [0.3, 0.4) is 0 Å². The summed E-state index contributed by atoms with van der Waals surface area (Å²) in [5, 5.41) is 12.0. The van der Waals surface area contributed by atoms with E-state index < -0.39 is 12.1 Å². The molecule has 108 valence electrons. The minimum Gasteiger partial charge on any atom is -0.491 e. The van der Waals surface area contributed by atoms with Gasteiger partial charge in [0, 0.05) is 6.54 Å². The number of benzene rings is 1. The number of hydrogen-bond donors (Lipinski definition) is 3. The second kappa shape index (κ2) is 8.68. The van der Waals surface area contributed by atoms with Crippen LogP contribution >= 0.6 is 12.4 Å². The van der Waals surface area contributed by atoms with Crippen LogP contribution in [-0.4, -0.2) is 36.3 Å². The van der Waals surface area contributed by atoms with Crippen LogP contribution < -0.4 is 15.8 Å². The van der Waals surface area contributed by atoms with E-state index in [1.54, 1.807) is 6.92 Å². The molecule has 0 aromatic heterocycles. The Balaban J connectivity index is 0.00000324. The molecular weight excluding hydrogens is 275 g/mol. The van der Waals surface area contributed by atoms with Crippen molar-refractivity contribution in [2.45, 2.75) is 19.1 Å². The highest BCUT2D eigenvalue weighted by Crippen LogP contribution is 2.11. The molecule has 1 unspecified atom stereocenters. The van der Waals surface area contributed by atoms with Crippen LogP contribution in [0.5, 0.6) is 5.75 Å². The summed E-state index contributed by atoms with van der Waals surface area (Å²) in [6.45, 7) is 1.61. The van der Waals surface area contributed by atoms with Crippen molar-refractivity contribution in [1.29, 1.82) is 0 Å². The summed E-state index contributed by atoms with van der Waals surface area (Å²) in [6, 6.07) is 4.83. The van der Waals surface area contributed by atoms with E-state index in [1.807, 2.05) is 0 Å². The Bertz CT molecular complexity index is 387. The monoisotopic (exact) mass is 292 g/mol. The number of nitrogens with two attached hydrogens (primary N) is 1. The smallest absolute Gasteiger partial charge is 0.236 e. The molecule has 7 heteroatoms. The number of nitrogens with one attached hydrogen (secondary N) is 1. The number of carbonyl (C=O) groups excluding carboxylic acids is 1. The molecule has 0 fully saturated rings. The lowest BCUT2D eigenvalue weighted by Gasteiger charge is -2.14. The highest BCUT2D eigenvalue weighted by Gasteiger charge is 2.10. The Morgan fingerprint density at radius 1 is 1.47 bits per heavy atom. The summed E-state index contributed by atoms with van der Waals surface area (Å²) in [7, 11) is 0. The van der Waals surface area contributed by atoms with Crippen molar-refractivity contribution in [3.8, 4) is 5.75 Å².